The van der Waals surface area contributed by atoms with E-state index in [0.29, 0.717) is 22.5 Å². The molecule has 0 bridgehead atoms. The maximum atomic E-state index is 13.3. The highest BCUT2D eigenvalue weighted by molar-refractivity contribution is 5.98. The lowest BCUT2D eigenvalue weighted by Gasteiger charge is -2.45. The van der Waals surface area contributed by atoms with Gasteiger partial charge in [-0.1, -0.05) is 33.1 Å². The smallest absolute Gasteiger partial charge is 0.252 e. The molecule has 1 saturated heterocycles. The second kappa shape index (κ2) is 9.71. The van der Waals surface area contributed by atoms with Crippen LogP contribution in [0, 0.1) is 11.3 Å². The Kier molecular flexibility index (Phi) is 7.27. The molecule has 1 heterocycles. The van der Waals surface area contributed by atoms with Gasteiger partial charge in [0.1, 0.15) is 17.5 Å². The lowest BCUT2D eigenvalue weighted by Crippen LogP contribution is -2.54. The van der Waals surface area contributed by atoms with E-state index < -0.39 is 6.04 Å². The Morgan fingerprint density at radius 2 is 1.50 bits per heavy atom. The van der Waals surface area contributed by atoms with Gasteiger partial charge in [0.25, 0.3) is 5.91 Å². The Hall–Kier alpha value is -2.24. The number of amides is 2. The Morgan fingerprint density at radius 3 is 2.00 bits per heavy atom. The third kappa shape index (κ3) is 5.08. The number of methoxy groups -OCH3 is 2. The predicted molar refractivity (Wildman–Crippen MR) is 117 cm³/mol. The van der Waals surface area contributed by atoms with E-state index in [1.807, 2.05) is 18.7 Å². The van der Waals surface area contributed by atoms with Crippen LogP contribution >= 0.6 is 0 Å². The normalized spacial score (nSPS) is 19.4. The summed E-state index contributed by atoms with van der Waals surface area (Å²) in [5.74, 6) is 0.819. The summed E-state index contributed by atoms with van der Waals surface area (Å²) in [7, 11) is 3.10. The summed E-state index contributed by atoms with van der Waals surface area (Å²) >= 11 is 0. The van der Waals surface area contributed by atoms with Gasteiger partial charge in [-0.3, -0.25) is 9.59 Å². The van der Waals surface area contributed by atoms with Crippen LogP contribution in [-0.2, 0) is 4.79 Å². The average Bonchev–Trinajstić information content (AvgIpc) is 2.77. The molecular weight excluding hydrogens is 380 g/mol. The molecule has 0 aromatic heterocycles. The zero-order valence-corrected chi connectivity index (χ0v) is 18.8. The molecule has 1 aromatic carbocycles. The van der Waals surface area contributed by atoms with Gasteiger partial charge in [0.15, 0.2) is 0 Å². The number of ether oxygens (including phenoxy) is 2. The van der Waals surface area contributed by atoms with Gasteiger partial charge in [-0.2, -0.15) is 0 Å². The number of benzene rings is 1. The highest BCUT2D eigenvalue weighted by atomic mass is 16.5. The van der Waals surface area contributed by atoms with Crippen LogP contribution in [-0.4, -0.2) is 50.1 Å². The fourth-order valence-corrected chi connectivity index (χ4v) is 4.88. The minimum atomic E-state index is -0.546. The van der Waals surface area contributed by atoms with Crippen LogP contribution in [0.4, 0.5) is 0 Å². The van der Waals surface area contributed by atoms with Crippen molar-refractivity contribution >= 4 is 11.8 Å². The molecule has 2 amide bonds. The first-order valence-corrected chi connectivity index (χ1v) is 11.2. The van der Waals surface area contributed by atoms with Crippen molar-refractivity contribution in [3.63, 3.8) is 0 Å². The minimum Gasteiger partial charge on any atom is -0.497 e. The molecule has 1 saturated carbocycles. The highest BCUT2D eigenvalue weighted by Crippen LogP contribution is 2.44. The highest BCUT2D eigenvalue weighted by Gasteiger charge is 2.38. The standard InChI is InChI=1S/C24H36N2O4/c1-17(2)21(25-22(27)18-14-19(29-3)16-20(15-18)30-4)23(28)26-12-10-24(11-13-26)8-6-5-7-9-24/h14-17,21H,5-13H2,1-4H3,(H,25,27). The number of hydrogen-bond acceptors (Lipinski definition) is 4. The molecule has 1 aromatic rings. The third-order valence-electron chi connectivity index (χ3n) is 6.88. The fraction of sp³-hybridized carbons (Fsp3) is 0.667. The zero-order valence-electron chi connectivity index (χ0n) is 18.8. The maximum Gasteiger partial charge on any atom is 0.252 e. The molecule has 6 nitrogen and oxygen atoms in total. The van der Waals surface area contributed by atoms with Crippen LogP contribution in [0.2, 0.25) is 0 Å². The van der Waals surface area contributed by atoms with Crippen molar-refractivity contribution in [3.05, 3.63) is 23.8 Å². The van der Waals surface area contributed by atoms with Crippen molar-refractivity contribution in [1.29, 1.82) is 0 Å². The van der Waals surface area contributed by atoms with Crippen molar-refractivity contribution in [2.45, 2.75) is 64.8 Å². The molecule has 1 aliphatic heterocycles. The predicted octanol–water partition coefficient (Wildman–Crippen LogP) is 4.03. The van der Waals surface area contributed by atoms with Crippen molar-refractivity contribution in [1.82, 2.24) is 10.2 Å². The molecule has 1 aliphatic carbocycles. The van der Waals surface area contributed by atoms with E-state index in [0.717, 1.165) is 25.9 Å². The summed E-state index contributed by atoms with van der Waals surface area (Å²) in [4.78, 5) is 28.2. The molecule has 166 valence electrons. The van der Waals surface area contributed by atoms with Crippen molar-refractivity contribution in [2.75, 3.05) is 27.3 Å². The van der Waals surface area contributed by atoms with Crippen LogP contribution in [0.1, 0.15) is 69.2 Å². The maximum absolute atomic E-state index is 13.3. The SMILES string of the molecule is COc1cc(OC)cc(C(=O)NC(C(=O)N2CCC3(CCCCC3)CC2)C(C)C)c1. The summed E-state index contributed by atoms with van der Waals surface area (Å²) in [6, 6.07) is 4.49. The topological polar surface area (TPSA) is 67.9 Å². The first kappa shape index (κ1) is 22.4. The van der Waals surface area contributed by atoms with Crippen LogP contribution in [0.3, 0.4) is 0 Å². The largest absolute Gasteiger partial charge is 0.497 e. The van der Waals surface area contributed by atoms with Gasteiger partial charge < -0.3 is 19.7 Å². The van der Waals surface area contributed by atoms with Gasteiger partial charge in [-0.15, -0.1) is 0 Å². The van der Waals surface area contributed by atoms with Gasteiger partial charge in [-0.25, -0.2) is 0 Å². The zero-order chi connectivity index (χ0) is 21.7. The summed E-state index contributed by atoms with van der Waals surface area (Å²) in [6.45, 7) is 5.54. The lowest BCUT2D eigenvalue weighted by molar-refractivity contribution is -0.137. The second-order valence-electron chi connectivity index (χ2n) is 9.18. The summed E-state index contributed by atoms with van der Waals surface area (Å²) in [5, 5.41) is 2.96. The Balaban J connectivity index is 1.67. The number of nitrogens with one attached hydrogen (secondary N) is 1. The van der Waals surface area contributed by atoms with E-state index in [1.165, 1.54) is 32.1 Å². The fourth-order valence-electron chi connectivity index (χ4n) is 4.88. The van der Waals surface area contributed by atoms with Crippen LogP contribution < -0.4 is 14.8 Å². The number of nitrogens with zero attached hydrogens (tertiary/aromatic N) is 1. The van der Waals surface area contributed by atoms with E-state index in [9.17, 15) is 9.59 Å². The van der Waals surface area contributed by atoms with Gasteiger partial charge in [0.2, 0.25) is 5.91 Å². The third-order valence-corrected chi connectivity index (χ3v) is 6.88. The van der Waals surface area contributed by atoms with E-state index >= 15 is 0 Å². The number of carbonyl (C=O) groups is 2. The van der Waals surface area contributed by atoms with E-state index in [1.54, 1.807) is 32.4 Å². The number of likely N-dealkylation sites (tertiary alicyclic amines) is 1. The summed E-state index contributed by atoms with van der Waals surface area (Å²) in [6.07, 6.45) is 8.77. The Morgan fingerprint density at radius 1 is 0.933 bits per heavy atom. The van der Waals surface area contributed by atoms with E-state index in [4.69, 9.17) is 9.47 Å². The lowest BCUT2D eigenvalue weighted by atomic mass is 9.68. The number of piperidine rings is 1. The Bertz CT molecular complexity index is 723. The van der Waals surface area contributed by atoms with Crippen molar-refractivity contribution in [2.24, 2.45) is 11.3 Å². The van der Waals surface area contributed by atoms with Crippen LogP contribution in [0.25, 0.3) is 0 Å². The van der Waals surface area contributed by atoms with Gasteiger partial charge in [0.05, 0.1) is 14.2 Å². The molecule has 1 unspecified atom stereocenters. The van der Waals surface area contributed by atoms with Crippen LogP contribution in [0.5, 0.6) is 11.5 Å². The Labute approximate surface area is 180 Å². The van der Waals surface area contributed by atoms with Gasteiger partial charge in [0, 0.05) is 24.7 Å². The first-order chi connectivity index (χ1) is 14.4. The second-order valence-corrected chi connectivity index (χ2v) is 9.18. The molecule has 1 atom stereocenters. The molecule has 0 radical (unpaired) electrons. The summed E-state index contributed by atoms with van der Waals surface area (Å²) in [5.41, 5.74) is 0.868. The average molecular weight is 417 g/mol. The number of carbonyl (C=O) groups excluding carboxylic acids is 2. The molecule has 2 fully saturated rings. The monoisotopic (exact) mass is 416 g/mol. The molecule has 6 heteroatoms. The molecule has 3 rings (SSSR count). The first-order valence-electron chi connectivity index (χ1n) is 11.2. The van der Waals surface area contributed by atoms with Crippen molar-refractivity contribution < 1.29 is 19.1 Å². The van der Waals surface area contributed by atoms with Gasteiger partial charge >= 0.3 is 0 Å². The molecular formula is C24H36N2O4. The van der Waals surface area contributed by atoms with Gasteiger partial charge in [-0.05, 0) is 49.1 Å². The quantitative estimate of drug-likeness (QED) is 0.760. The minimum absolute atomic E-state index is 0.000444. The van der Waals surface area contributed by atoms with Crippen LogP contribution in [0.15, 0.2) is 18.2 Å². The van der Waals surface area contributed by atoms with E-state index in [-0.39, 0.29) is 17.7 Å². The van der Waals surface area contributed by atoms with E-state index in [2.05, 4.69) is 5.32 Å². The molecule has 2 aliphatic rings. The number of hydrogen-bond donors (Lipinski definition) is 1. The molecule has 30 heavy (non-hydrogen) atoms. The molecule has 1 N–H and O–H groups in total. The summed E-state index contributed by atoms with van der Waals surface area (Å²) < 4.78 is 10.5. The number of rotatable bonds is 6. The van der Waals surface area contributed by atoms with Crippen molar-refractivity contribution in [3.8, 4) is 11.5 Å². The molecule has 1 spiro atoms.